The molecule has 0 spiro atoms. The van der Waals surface area contributed by atoms with Gasteiger partial charge in [-0.15, -0.1) is 0 Å². The molecule has 2 heterocycles. The Morgan fingerprint density at radius 3 is 2.67 bits per heavy atom. The van der Waals surface area contributed by atoms with Crippen LogP contribution in [0, 0.1) is 0 Å². The van der Waals surface area contributed by atoms with Crippen molar-refractivity contribution in [1.29, 1.82) is 0 Å². The van der Waals surface area contributed by atoms with E-state index in [0.29, 0.717) is 26.1 Å². The Labute approximate surface area is 123 Å². The SMILES string of the molecule is O=C(O)CCN(C(=O)N1CCN2C(=O)CCC2C1)C1CC1. The topological polar surface area (TPSA) is 81.2 Å². The van der Waals surface area contributed by atoms with Crippen LogP contribution in [0.1, 0.15) is 32.1 Å². The van der Waals surface area contributed by atoms with Crippen LogP contribution in [0.15, 0.2) is 0 Å². The summed E-state index contributed by atoms with van der Waals surface area (Å²) in [6, 6.07) is 0.300. The highest BCUT2D eigenvalue weighted by Gasteiger charge is 2.40. The first kappa shape index (κ1) is 14.2. The third-order valence-corrected chi connectivity index (χ3v) is 4.56. The van der Waals surface area contributed by atoms with Crippen molar-refractivity contribution >= 4 is 17.9 Å². The fourth-order valence-electron chi connectivity index (χ4n) is 3.26. The highest BCUT2D eigenvalue weighted by Crippen LogP contribution is 2.29. The van der Waals surface area contributed by atoms with Gasteiger partial charge in [0.1, 0.15) is 0 Å². The van der Waals surface area contributed by atoms with Crippen LogP contribution in [0.25, 0.3) is 0 Å². The first-order valence-corrected chi connectivity index (χ1v) is 7.63. The average molecular weight is 295 g/mol. The highest BCUT2D eigenvalue weighted by molar-refractivity contribution is 5.80. The summed E-state index contributed by atoms with van der Waals surface area (Å²) in [5.41, 5.74) is 0. The molecule has 3 amide bonds. The summed E-state index contributed by atoms with van der Waals surface area (Å²) in [5, 5.41) is 8.81. The minimum atomic E-state index is -0.875. The molecule has 2 aliphatic heterocycles. The molecule has 3 fully saturated rings. The van der Waals surface area contributed by atoms with Crippen molar-refractivity contribution in [3.8, 4) is 0 Å². The molecule has 1 N–H and O–H groups in total. The maximum atomic E-state index is 12.6. The Hall–Kier alpha value is -1.79. The highest BCUT2D eigenvalue weighted by atomic mass is 16.4. The van der Waals surface area contributed by atoms with Crippen molar-refractivity contribution in [3.63, 3.8) is 0 Å². The molecule has 3 rings (SSSR count). The van der Waals surface area contributed by atoms with Gasteiger partial charge in [-0.1, -0.05) is 0 Å². The molecule has 3 aliphatic rings. The number of carboxylic acid groups (broad SMARTS) is 1. The van der Waals surface area contributed by atoms with Crippen LogP contribution in [0.2, 0.25) is 0 Å². The lowest BCUT2D eigenvalue weighted by Crippen LogP contribution is -2.56. The minimum absolute atomic E-state index is 0.00980. The van der Waals surface area contributed by atoms with E-state index in [9.17, 15) is 14.4 Å². The number of carbonyl (C=O) groups excluding carboxylic acids is 2. The van der Waals surface area contributed by atoms with E-state index in [-0.39, 0.29) is 37.0 Å². The standard InChI is InChI=1S/C14H21N3O4/c18-12-4-3-11-9-15(7-8-16(11)12)14(21)17(10-1-2-10)6-5-13(19)20/h10-11H,1-9H2,(H,19,20). The largest absolute Gasteiger partial charge is 0.481 e. The van der Waals surface area contributed by atoms with E-state index in [0.717, 1.165) is 19.3 Å². The second-order valence-corrected chi connectivity index (χ2v) is 6.08. The predicted octanol–water partition coefficient (Wildman–Crippen LogP) is 0.352. The number of amides is 3. The molecular weight excluding hydrogens is 274 g/mol. The number of hydrogen-bond acceptors (Lipinski definition) is 3. The third-order valence-electron chi connectivity index (χ3n) is 4.56. The van der Waals surface area contributed by atoms with Crippen LogP contribution >= 0.6 is 0 Å². The smallest absolute Gasteiger partial charge is 0.320 e. The maximum Gasteiger partial charge on any atom is 0.320 e. The average Bonchev–Trinajstić information content (AvgIpc) is 3.23. The lowest BCUT2D eigenvalue weighted by molar-refractivity contribution is -0.137. The number of rotatable bonds is 4. The second kappa shape index (κ2) is 5.54. The van der Waals surface area contributed by atoms with Crippen LogP contribution in [0.4, 0.5) is 4.79 Å². The van der Waals surface area contributed by atoms with Gasteiger partial charge in [-0.2, -0.15) is 0 Å². The van der Waals surface area contributed by atoms with E-state index in [4.69, 9.17) is 5.11 Å². The summed E-state index contributed by atoms with van der Waals surface area (Å²) in [6.07, 6.45) is 3.32. The molecule has 1 unspecified atom stereocenters. The van der Waals surface area contributed by atoms with Crippen molar-refractivity contribution in [2.45, 2.75) is 44.2 Å². The van der Waals surface area contributed by atoms with E-state index in [1.807, 2.05) is 4.90 Å². The summed E-state index contributed by atoms with van der Waals surface area (Å²) in [6.45, 7) is 2.02. The van der Waals surface area contributed by atoms with Gasteiger partial charge in [0, 0.05) is 44.7 Å². The Morgan fingerprint density at radius 2 is 2.00 bits per heavy atom. The van der Waals surface area contributed by atoms with Gasteiger partial charge in [0.25, 0.3) is 0 Å². The number of urea groups is 1. The van der Waals surface area contributed by atoms with Crippen LogP contribution in [-0.2, 0) is 9.59 Å². The molecule has 1 aliphatic carbocycles. The molecule has 7 nitrogen and oxygen atoms in total. The zero-order valence-electron chi connectivity index (χ0n) is 12.0. The van der Waals surface area contributed by atoms with Crippen LogP contribution < -0.4 is 0 Å². The number of fused-ring (bicyclic) bond motifs is 1. The summed E-state index contributed by atoms with van der Waals surface area (Å²) in [7, 11) is 0. The summed E-state index contributed by atoms with van der Waals surface area (Å²) in [5.74, 6) is -0.684. The minimum Gasteiger partial charge on any atom is -0.481 e. The molecule has 21 heavy (non-hydrogen) atoms. The Morgan fingerprint density at radius 1 is 1.24 bits per heavy atom. The lowest BCUT2D eigenvalue weighted by Gasteiger charge is -2.39. The van der Waals surface area contributed by atoms with Crippen molar-refractivity contribution in [2.75, 3.05) is 26.2 Å². The molecule has 116 valence electrons. The molecule has 7 heteroatoms. The summed E-state index contributed by atoms with van der Waals surface area (Å²) in [4.78, 5) is 40.4. The van der Waals surface area contributed by atoms with Gasteiger partial charge in [-0.25, -0.2) is 4.79 Å². The van der Waals surface area contributed by atoms with E-state index in [1.165, 1.54) is 0 Å². The summed E-state index contributed by atoms with van der Waals surface area (Å²) >= 11 is 0. The van der Waals surface area contributed by atoms with E-state index >= 15 is 0 Å². The van der Waals surface area contributed by atoms with Gasteiger partial charge >= 0.3 is 12.0 Å². The van der Waals surface area contributed by atoms with E-state index < -0.39 is 5.97 Å². The predicted molar refractivity (Wildman–Crippen MR) is 73.7 cm³/mol. The quantitative estimate of drug-likeness (QED) is 0.811. The van der Waals surface area contributed by atoms with E-state index in [1.54, 1.807) is 9.80 Å². The fourth-order valence-corrected chi connectivity index (χ4v) is 3.26. The normalized spacial score (nSPS) is 25.0. The van der Waals surface area contributed by atoms with Crippen molar-refractivity contribution in [2.24, 2.45) is 0 Å². The van der Waals surface area contributed by atoms with Gasteiger partial charge < -0.3 is 19.8 Å². The Kier molecular flexibility index (Phi) is 3.73. The third kappa shape index (κ3) is 2.96. The zero-order chi connectivity index (χ0) is 15.0. The molecule has 0 aromatic rings. The Balaban J connectivity index is 1.61. The molecule has 0 aromatic heterocycles. The van der Waals surface area contributed by atoms with Gasteiger partial charge in [-0.05, 0) is 19.3 Å². The molecule has 1 atom stereocenters. The molecule has 0 radical (unpaired) electrons. The van der Waals surface area contributed by atoms with Crippen LogP contribution in [0.5, 0.6) is 0 Å². The number of carboxylic acids is 1. The van der Waals surface area contributed by atoms with E-state index in [2.05, 4.69) is 0 Å². The number of nitrogens with zero attached hydrogens (tertiary/aromatic N) is 3. The second-order valence-electron chi connectivity index (χ2n) is 6.08. The molecule has 1 saturated carbocycles. The van der Waals surface area contributed by atoms with Crippen LogP contribution in [-0.4, -0.2) is 76.0 Å². The van der Waals surface area contributed by atoms with Crippen molar-refractivity contribution in [3.05, 3.63) is 0 Å². The molecular formula is C14H21N3O4. The first-order chi connectivity index (χ1) is 10.1. The van der Waals surface area contributed by atoms with Gasteiger partial charge in [0.05, 0.1) is 6.42 Å². The molecule has 2 saturated heterocycles. The zero-order valence-corrected chi connectivity index (χ0v) is 12.0. The van der Waals surface area contributed by atoms with Crippen molar-refractivity contribution in [1.82, 2.24) is 14.7 Å². The van der Waals surface area contributed by atoms with Gasteiger partial charge in [0.2, 0.25) is 5.91 Å². The number of aliphatic carboxylic acids is 1. The Bertz CT molecular complexity index is 463. The number of hydrogen-bond donors (Lipinski definition) is 1. The van der Waals surface area contributed by atoms with Crippen molar-refractivity contribution < 1.29 is 19.5 Å². The fraction of sp³-hybridized carbons (Fsp3) is 0.786. The van der Waals surface area contributed by atoms with Gasteiger partial charge in [0.15, 0.2) is 0 Å². The van der Waals surface area contributed by atoms with Gasteiger partial charge in [-0.3, -0.25) is 9.59 Å². The van der Waals surface area contributed by atoms with Crippen LogP contribution in [0.3, 0.4) is 0 Å². The number of carbonyl (C=O) groups is 3. The number of piperazine rings is 1. The molecule has 0 aromatic carbocycles. The summed E-state index contributed by atoms with van der Waals surface area (Å²) < 4.78 is 0. The monoisotopic (exact) mass is 295 g/mol. The maximum absolute atomic E-state index is 12.6. The molecule has 0 bridgehead atoms. The lowest BCUT2D eigenvalue weighted by atomic mass is 10.1. The first-order valence-electron chi connectivity index (χ1n) is 7.63.